The van der Waals surface area contributed by atoms with Crippen molar-refractivity contribution in [3.8, 4) is 0 Å². The first-order valence-electron chi connectivity index (χ1n) is 6.51. The van der Waals surface area contributed by atoms with Crippen LogP contribution in [-0.4, -0.2) is 16.9 Å². The first kappa shape index (κ1) is 15.6. The first-order chi connectivity index (χ1) is 10.5. The number of benzene rings is 2. The van der Waals surface area contributed by atoms with Crippen molar-refractivity contribution >= 4 is 17.3 Å². The predicted molar refractivity (Wildman–Crippen MR) is 79.8 cm³/mol. The van der Waals surface area contributed by atoms with Crippen LogP contribution in [0.5, 0.6) is 0 Å². The number of nitro benzene ring substituents is 1. The number of nitrogens with two attached hydrogens (primary N) is 1. The number of hydrogen-bond acceptors (Lipinski definition) is 4. The summed E-state index contributed by atoms with van der Waals surface area (Å²) in [6.07, 6.45) is 0.241. The van der Waals surface area contributed by atoms with Crippen molar-refractivity contribution in [2.75, 3.05) is 5.32 Å². The van der Waals surface area contributed by atoms with Crippen molar-refractivity contribution in [3.63, 3.8) is 0 Å². The summed E-state index contributed by atoms with van der Waals surface area (Å²) in [5.41, 5.74) is 6.95. The molecular formula is C15H14FN3O3. The molecule has 1 amide bonds. The SMILES string of the molecule is N[C@H](Cc1ccc([N+](=O)[O-])cc1)C(=O)Nc1ccc(F)cc1. The third-order valence-corrected chi connectivity index (χ3v) is 3.05. The summed E-state index contributed by atoms with van der Waals surface area (Å²) in [6.45, 7) is 0. The molecule has 6 nitrogen and oxygen atoms in total. The van der Waals surface area contributed by atoms with Gasteiger partial charge in [-0.2, -0.15) is 0 Å². The van der Waals surface area contributed by atoms with Gasteiger partial charge in [0.25, 0.3) is 5.69 Å². The Hall–Kier alpha value is -2.80. The van der Waals surface area contributed by atoms with E-state index in [2.05, 4.69) is 5.32 Å². The van der Waals surface area contributed by atoms with Gasteiger partial charge in [-0.05, 0) is 36.2 Å². The fraction of sp³-hybridized carbons (Fsp3) is 0.133. The molecule has 2 aromatic rings. The minimum Gasteiger partial charge on any atom is -0.325 e. The molecule has 0 fully saturated rings. The van der Waals surface area contributed by atoms with E-state index in [-0.39, 0.29) is 12.1 Å². The Morgan fingerprint density at radius 1 is 1.18 bits per heavy atom. The zero-order valence-electron chi connectivity index (χ0n) is 11.5. The average molecular weight is 303 g/mol. The van der Waals surface area contributed by atoms with Gasteiger partial charge in [-0.1, -0.05) is 12.1 Å². The minimum atomic E-state index is -0.813. The lowest BCUT2D eigenvalue weighted by molar-refractivity contribution is -0.384. The van der Waals surface area contributed by atoms with E-state index in [1.807, 2.05) is 0 Å². The zero-order chi connectivity index (χ0) is 16.1. The van der Waals surface area contributed by atoms with Crippen LogP contribution in [0.3, 0.4) is 0 Å². The molecule has 2 aromatic carbocycles. The van der Waals surface area contributed by atoms with Gasteiger partial charge >= 0.3 is 0 Å². The number of nitrogens with one attached hydrogen (secondary N) is 1. The molecule has 114 valence electrons. The molecule has 0 unspecified atom stereocenters. The minimum absolute atomic E-state index is 0.0203. The quantitative estimate of drug-likeness (QED) is 0.653. The van der Waals surface area contributed by atoms with Crippen LogP contribution in [0.1, 0.15) is 5.56 Å². The summed E-state index contributed by atoms with van der Waals surface area (Å²) in [4.78, 5) is 22.0. The maximum atomic E-state index is 12.8. The lowest BCUT2D eigenvalue weighted by atomic mass is 10.1. The van der Waals surface area contributed by atoms with Gasteiger partial charge in [0.1, 0.15) is 5.82 Å². The highest BCUT2D eigenvalue weighted by atomic mass is 19.1. The Morgan fingerprint density at radius 3 is 2.32 bits per heavy atom. The molecule has 0 heterocycles. The second kappa shape index (κ2) is 6.77. The van der Waals surface area contributed by atoms with E-state index in [0.717, 1.165) is 0 Å². The predicted octanol–water partition coefficient (Wildman–Crippen LogP) is 2.24. The summed E-state index contributed by atoms with van der Waals surface area (Å²) >= 11 is 0. The van der Waals surface area contributed by atoms with Gasteiger partial charge in [0, 0.05) is 17.8 Å². The molecule has 0 aromatic heterocycles. The fourth-order valence-corrected chi connectivity index (χ4v) is 1.87. The molecule has 1 atom stereocenters. The third-order valence-electron chi connectivity index (χ3n) is 3.05. The van der Waals surface area contributed by atoms with E-state index in [1.165, 1.54) is 36.4 Å². The van der Waals surface area contributed by atoms with Gasteiger partial charge in [0.05, 0.1) is 11.0 Å². The average Bonchev–Trinajstić information content (AvgIpc) is 2.50. The number of non-ortho nitro benzene ring substituents is 1. The molecule has 3 N–H and O–H groups in total. The van der Waals surface area contributed by atoms with Crippen LogP contribution in [0, 0.1) is 15.9 Å². The molecule has 0 saturated carbocycles. The molecule has 0 spiro atoms. The summed E-state index contributed by atoms with van der Waals surface area (Å²) in [5.74, 6) is -0.807. The van der Waals surface area contributed by atoms with Crippen LogP contribution in [0.2, 0.25) is 0 Å². The Balaban J connectivity index is 1.95. The Labute approximate surface area is 125 Å². The molecule has 0 saturated heterocycles. The van der Waals surface area contributed by atoms with Gasteiger partial charge in [0.2, 0.25) is 5.91 Å². The lowest BCUT2D eigenvalue weighted by Crippen LogP contribution is -2.37. The van der Waals surface area contributed by atoms with E-state index in [1.54, 1.807) is 12.1 Å². The van der Waals surface area contributed by atoms with E-state index in [0.29, 0.717) is 11.3 Å². The second-order valence-corrected chi connectivity index (χ2v) is 4.73. The zero-order valence-corrected chi connectivity index (χ0v) is 11.5. The smallest absolute Gasteiger partial charge is 0.269 e. The fourth-order valence-electron chi connectivity index (χ4n) is 1.87. The van der Waals surface area contributed by atoms with E-state index < -0.39 is 22.7 Å². The van der Waals surface area contributed by atoms with Gasteiger partial charge in [-0.25, -0.2) is 4.39 Å². The van der Waals surface area contributed by atoms with Crippen molar-refractivity contribution < 1.29 is 14.1 Å². The number of halogens is 1. The second-order valence-electron chi connectivity index (χ2n) is 4.73. The number of rotatable bonds is 5. The number of nitro groups is 1. The standard InChI is InChI=1S/C15H14FN3O3/c16-11-3-5-12(6-4-11)18-15(20)14(17)9-10-1-7-13(8-2-10)19(21)22/h1-8,14H,9,17H2,(H,18,20)/t14-/m1/s1. The maximum Gasteiger partial charge on any atom is 0.269 e. The summed E-state index contributed by atoms with van der Waals surface area (Å²) in [6, 6.07) is 10.4. The Morgan fingerprint density at radius 2 is 1.77 bits per heavy atom. The molecule has 0 bridgehead atoms. The molecule has 0 aliphatic heterocycles. The highest BCUT2D eigenvalue weighted by molar-refractivity contribution is 5.94. The summed E-state index contributed by atoms with van der Waals surface area (Å²) in [5, 5.41) is 13.1. The van der Waals surface area contributed by atoms with Crippen LogP contribution in [-0.2, 0) is 11.2 Å². The van der Waals surface area contributed by atoms with Crippen LogP contribution in [0.4, 0.5) is 15.8 Å². The molecule has 0 aliphatic rings. The summed E-state index contributed by atoms with van der Waals surface area (Å²) < 4.78 is 12.8. The van der Waals surface area contributed by atoms with Gasteiger partial charge < -0.3 is 11.1 Å². The monoisotopic (exact) mass is 303 g/mol. The molecule has 22 heavy (non-hydrogen) atoms. The highest BCUT2D eigenvalue weighted by Gasteiger charge is 2.15. The molecule has 0 radical (unpaired) electrons. The van der Waals surface area contributed by atoms with Crippen molar-refractivity contribution in [3.05, 3.63) is 70.0 Å². The first-order valence-corrected chi connectivity index (χ1v) is 6.51. The van der Waals surface area contributed by atoms with E-state index in [4.69, 9.17) is 5.73 Å². The van der Waals surface area contributed by atoms with E-state index >= 15 is 0 Å². The third kappa shape index (κ3) is 4.10. The molecule has 7 heteroatoms. The number of hydrogen-bond donors (Lipinski definition) is 2. The van der Waals surface area contributed by atoms with Crippen molar-refractivity contribution in [2.24, 2.45) is 5.73 Å². The van der Waals surface area contributed by atoms with Crippen molar-refractivity contribution in [2.45, 2.75) is 12.5 Å². The van der Waals surface area contributed by atoms with Crippen LogP contribution in [0.15, 0.2) is 48.5 Å². The van der Waals surface area contributed by atoms with Crippen LogP contribution in [0.25, 0.3) is 0 Å². The van der Waals surface area contributed by atoms with Crippen LogP contribution < -0.4 is 11.1 Å². The molecule has 2 rings (SSSR count). The lowest BCUT2D eigenvalue weighted by Gasteiger charge is -2.12. The number of anilines is 1. The largest absolute Gasteiger partial charge is 0.325 e. The molecule has 0 aliphatic carbocycles. The Kier molecular flexibility index (Phi) is 4.80. The topological polar surface area (TPSA) is 98.3 Å². The number of amides is 1. The summed E-state index contributed by atoms with van der Waals surface area (Å²) in [7, 11) is 0. The van der Waals surface area contributed by atoms with Crippen molar-refractivity contribution in [1.29, 1.82) is 0 Å². The highest BCUT2D eigenvalue weighted by Crippen LogP contribution is 2.14. The maximum absolute atomic E-state index is 12.8. The van der Waals surface area contributed by atoms with Gasteiger partial charge in [-0.15, -0.1) is 0 Å². The van der Waals surface area contributed by atoms with Crippen molar-refractivity contribution in [1.82, 2.24) is 0 Å². The van der Waals surface area contributed by atoms with Crippen LogP contribution >= 0.6 is 0 Å². The van der Waals surface area contributed by atoms with Gasteiger partial charge in [0.15, 0.2) is 0 Å². The number of carbonyl (C=O) groups excluding carboxylic acids is 1. The van der Waals surface area contributed by atoms with E-state index in [9.17, 15) is 19.3 Å². The van der Waals surface area contributed by atoms with Gasteiger partial charge in [-0.3, -0.25) is 14.9 Å². The molecular weight excluding hydrogens is 289 g/mol. The number of carbonyl (C=O) groups is 1. The Bertz CT molecular complexity index is 671. The number of nitrogens with zero attached hydrogens (tertiary/aromatic N) is 1. The normalized spacial score (nSPS) is 11.7.